The van der Waals surface area contributed by atoms with Crippen LogP contribution in [0.4, 0.5) is 0 Å². The van der Waals surface area contributed by atoms with Crippen molar-refractivity contribution in [3.8, 4) is 6.07 Å². The van der Waals surface area contributed by atoms with Crippen molar-refractivity contribution in [2.75, 3.05) is 0 Å². The number of rotatable bonds is 1. The number of hydrogen-bond acceptors (Lipinski definition) is 3. The molecule has 1 fully saturated rings. The molecule has 0 aromatic rings. The highest BCUT2D eigenvalue weighted by molar-refractivity contribution is 5.73. The maximum absolute atomic E-state index is 11.8. The van der Waals surface area contributed by atoms with Gasteiger partial charge in [-0.15, -0.1) is 0 Å². The minimum atomic E-state index is -0.403. The zero-order valence-electron chi connectivity index (χ0n) is 10.2. The van der Waals surface area contributed by atoms with E-state index in [1.165, 1.54) is 0 Å². The molecule has 0 unspecified atom stereocenters. The van der Waals surface area contributed by atoms with Crippen LogP contribution in [0.15, 0.2) is 11.6 Å². The Morgan fingerprint density at radius 2 is 2.00 bits per heavy atom. The van der Waals surface area contributed by atoms with Crippen molar-refractivity contribution in [3.05, 3.63) is 11.6 Å². The Hall–Kier alpha value is -1.30. The average molecular weight is 221 g/mol. The number of nitriles is 1. The number of esters is 1. The molecule has 0 aromatic heterocycles. The van der Waals surface area contributed by atoms with Gasteiger partial charge in [-0.2, -0.15) is 5.26 Å². The first kappa shape index (κ1) is 12.8. The Morgan fingerprint density at radius 1 is 1.44 bits per heavy atom. The van der Waals surface area contributed by atoms with Crippen LogP contribution in [0.5, 0.6) is 0 Å². The number of carbonyl (C=O) groups excluding carboxylic acids is 1. The minimum absolute atomic E-state index is 0.00932. The summed E-state index contributed by atoms with van der Waals surface area (Å²) in [5, 5.41) is 8.53. The van der Waals surface area contributed by atoms with Crippen LogP contribution in [0.2, 0.25) is 0 Å². The van der Waals surface area contributed by atoms with E-state index in [1.807, 2.05) is 26.8 Å². The average Bonchev–Trinajstić information content (AvgIpc) is 2.16. The van der Waals surface area contributed by atoms with Crippen LogP contribution in [0.1, 0.15) is 46.5 Å². The van der Waals surface area contributed by atoms with Crippen molar-refractivity contribution in [2.45, 2.75) is 52.1 Å². The second-order valence-electron chi connectivity index (χ2n) is 5.24. The number of hydrogen-bond donors (Lipinski definition) is 0. The van der Waals surface area contributed by atoms with Gasteiger partial charge in [0.15, 0.2) is 0 Å². The lowest BCUT2D eigenvalue weighted by atomic mass is 9.85. The van der Waals surface area contributed by atoms with Crippen LogP contribution in [-0.2, 0) is 9.53 Å². The Kier molecular flexibility index (Phi) is 4.12. The smallest absolute Gasteiger partial charge is 0.309 e. The normalized spacial score (nSPS) is 21.1. The lowest BCUT2D eigenvalue weighted by molar-refractivity contribution is -0.160. The van der Waals surface area contributed by atoms with Gasteiger partial charge in [0, 0.05) is 6.08 Å². The van der Waals surface area contributed by atoms with Crippen LogP contribution >= 0.6 is 0 Å². The molecule has 1 aliphatic rings. The Balaban J connectivity index is 2.46. The number of ether oxygens (including phenoxy) is 1. The zero-order valence-corrected chi connectivity index (χ0v) is 10.2. The molecule has 0 N–H and O–H groups in total. The van der Waals surface area contributed by atoms with E-state index in [4.69, 9.17) is 10.00 Å². The largest absolute Gasteiger partial charge is 0.460 e. The molecule has 88 valence electrons. The molecule has 0 heterocycles. The van der Waals surface area contributed by atoms with Gasteiger partial charge in [-0.05, 0) is 46.5 Å². The maximum atomic E-state index is 11.8. The van der Waals surface area contributed by atoms with E-state index in [-0.39, 0.29) is 11.9 Å². The second-order valence-corrected chi connectivity index (χ2v) is 5.24. The van der Waals surface area contributed by atoms with E-state index in [0.29, 0.717) is 0 Å². The molecule has 16 heavy (non-hydrogen) atoms. The molecule has 0 bridgehead atoms. The van der Waals surface area contributed by atoms with Crippen LogP contribution in [0.25, 0.3) is 0 Å². The third kappa shape index (κ3) is 4.06. The lowest BCUT2D eigenvalue weighted by Crippen LogP contribution is -2.30. The molecule has 1 aliphatic carbocycles. The minimum Gasteiger partial charge on any atom is -0.460 e. The van der Waals surface area contributed by atoms with Gasteiger partial charge in [-0.3, -0.25) is 4.79 Å². The Bertz CT molecular complexity index is 321. The number of carbonyl (C=O) groups is 1. The number of nitrogens with zero attached hydrogens (tertiary/aromatic N) is 1. The highest BCUT2D eigenvalue weighted by Gasteiger charge is 2.27. The van der Waals surface area contributed by atoms with Crippen LogP contribution < -0.4 is 0 Å². The topological polar surface area (TPSA) is 50.1 Å². The van der Waals surface area contributed by atoms with E-state index < -0.39 is 5.60 Å². The summed E-state index contributed by atoms with van der Waals surface area (Å²) in [6.45, 7) is 5.65. The van der Waals surface area contributed by atoms with Crippen molar-refractivity contribution in [3.63, 3.8) is 0 Å². The summed E-state index contributed by atoms with van der Waals surface area (Å²) in [4.78, 5) is 11.8. The van der Waals surface area contributed by atoms with E-state index >= 15 is 0 Å². The van der Waals surface area contributed by atoms with E-state index in [0.717, 1.165) is 31.3 Å². The molecule has 3 heteroatoms. The molecular formula is C13H19NO2. The highest BCUT2D eigenvalue weighted by atomic mass is 16.6. The first-order valence-electron chi connectivity index (χ1n) is 5.73. The van der Waals surface area contributed by atoms with Gasteiger partial charge in [-0.1, -0.05) is 5.57 Å². The van der Waals surface area contributed by atoms with Crippen molar-refractivity contribution in [2.24, 2.45) is 5.92 Å². The second kappa shape index (κ2) is 5.16. The van der Waals surface area contributed by atoms with Gasteiger partial charge in [0.2, 0.25) is 0 Å². The molecule has 3 nitrogen and oxygen atoms in total. The third-order valence-electron chi connectivity index (χ3n) is 2.64. The fourth-order valence-electron chi connectivity index (χ4n) is 1.85. The van der Waals surface area contributed by atoms with Crippen molar-refractivity contribution < 1.29 is 9.53 Å². The van der Waals surface area contributed by atoms with Crippen molar-refractivity contribution in [1.82, 2.24) is 0 Å². The summed E-state index contributed by atoms with van der Waals surface area (Å²) < 4.78 is 5.35. The molecule has 0 radical (unpaired) electrons. The molecule has 0 amide bonds. The monoisotopic (exact) mass is 221 g/mol. The lowest BCUT2D eigenvalue weighted by Gasteiger charge is -2.26. The summed E-state index contributed by atoms with van der Waals surface area (Å²) >= 11 is 0. The number of allylic oxidation sites excluding steroid dienone is 2. The van der Waals surface area contributed by atoms with E-state index in [2.05, 4.69) is 0 Å². The standard InChI is InChI=1S/C13H19NO2/c1-13(2,3)16-12(15)11-6-4-10(5-7-11)8-9-14/h8,11H,4-7H2,1-3H3. The van der Waals surface area contributed by atoms with Gasteiger partial charge in [0.1, 0.15) is 5.60 Å². The fraction of sp³-hybridized carbons (Fsp3) is 0.692. The predicted molar refractivity (Wildman–Crippen MR) is 61.5 cm³/mol. The predicted octanol–water partition coefficient (Wildman–Crippen LogP) is 2.97. The fourth-order valence-corrected chi connectivity index (χ4v) is 1.85. The van der Waals surface area contributed by atoms with Gasteiger partial charge >= 0.3 is 5.97 Å². The van der Waals surface area contributed by atoms with Gasteiger partial charge in [-0.25, -0.2) is 0 Å². The third-order valence-corrected chi connectivity index (χ3v) is 2.64. The van der Waals surface area contributed by atoms with Gasteiger partial charge in [0.25, 0.3) is 0 Å². The van der Waals surface area contributed by atoms with Gasteiger partial charge in [0.05, 0.1) is 12.0 Å². The summed E-state index contributed by atoms with van der Waals surface area (Å²) in [5.74, 6) is -0.0847. The quantitative estimate of drug-likeness (QED) is 0.505. The molecule has 0 aromatic carbocycles. The highest BCUT2D eigenvalue weighted by Crippen LogP contribution is 2.29. The molecule has 0 aliphatic heterocycles. The first-order valence-corrected chi connectivity index (χ1v) is 5.73. The van der Waals surface area contributed by atoms with Crippen molar-refractivity contribution in [1.29, 1.82) is 5.26 Å². The summed E-state index contributed by atoms with van der Waals surface area (Å²) in [5.41, 5.74) is 0.752. The first-order chi connectivity index (χ1) is 7.42. The molecular weight excluding hydrogens is 202 g/mol. The zero-order chi connectivity index (χ0) is 12.2. The molecule has 1 rings (SSSR count). The maximum Gasteiger partial charge on any atom is 0.309 e. The SMILES string of the molecule is CC(C)(C)OC(=O)C1CCC(=CC#N)CC1. The van der Waals surface area contributed by atoms with Gasteiger partial charge < -0.3 is 4.74 Å². The van der Waals surface area contributed by atoms with Crippen LogP contribution in [0.3, 0.4) is 0 Å². The van der Waals surface area contributed by atoms with E-state index in [1.54, 1.807) is 6.08 Å². The Labute approximate surface area is 97.1 Å². The molecule has 0 saturated heterocycles. The Morgan fingerprint density at radius 3 is 2.44 bits per heavy atom. The molecule has 0 spiro atoms. The van der Waals surface area contributed by atoms with E-state index in [9.17, 15) is 4.79 Å². The molecule has 0 atom stereocenters. The summed E-state index contributed by atoms with van der Waals surface area (Å²) in [6.07, 6.45) is 4.91. The summed E-state index contributed by atoms with van der Waals surface area (Å²) in [6, 6.07) is 2.04. The molecule has 1 saturated carbocycles. The summed E-state index contributed by atoms with van der Waals surface area (Å²) in [7, 11) is 0. The van der Waals surface area contributed by atoms with Crippen molar-refractivity contribution >= 4 is 5.97 Å². The van der Waals surface area contributed by atoms with Crippen LogP contribution in [0, 0.1) is 17.2 Å². The van der Waals surface area contributed by atoms with Crippen LogP contribution in [-0.4, -0.2) is 11.6 Å².